The third-order valence-electron chi connectivity index (χ3n) is 1.33. The van der Waals surface area contributed by atoms with Crippen LogP contribution >= 0.6 is 34.9 Å². The molecule has 0 fully saturated rings. The minimum absolute atomic E-state index is 0.993. The van der Waals surface area contributed by atoms with Gasteiger partial charge in [-0.15, -0.1) is 34.9 Å². The molecule has 0 bridgehead atoms. The normalized spacial score (nSPS) is 16.8. The van der Waals surface area contributed by atoms with Crippen molar-refractivity contribution in [2.75, 3.05) is 17.2 Å². The minimum Gasteiger partial charge on any atom is -0.390 e. The first-order chi connectivity index (χ1) is 4.88. The Hall–Kier alpha value is 0.200. The molecule has 1 aromatic rings. The molecule has 0 aromatic carbocycles. The largest absolute Gasteiger partial charge is 0.390 e. The first-order valence-electron chi connectivity index (χ1n) is 3.00. The van der Waals surface area contributed by atoms with Crippen molar-refractivity contribution in [3.8, 4) is 0 Å². The molecule has 1 aliphatic rings. The number of nitrogen functional groups attached to an aromatic ring is 1. The smallest absolute Gasteiger partial charge is 0.101 e. The van der Waals surface area contributed by atoms with Gasteiger partial charge in [-0.25, -0.2) is 0 Å². The molecule has 0 atom stereocenters. The van der Waals surface area contributed by atoms with E-state index in [0.717, 1.165) is 5.00 Å². The van der Waals surface area contributed by atoms with Crippen molar-refractivity contribution >= 4 is 39.9 Å². The molecule has 1 nitrogen and oxygen atoms in total. The average Bonchev–Trinajstić information content (AvgIpc) is 2.34. The Kier molecular flexibility index (Phi) is 1.84. The molecule has 0 aliphatic carbocycles. The summed E-state index contributed by atoms with van der Waals surface area (Å²) in [4.78, 5) is 2.71. The second-order valence-electron chi connectivity index (χ2n) is 1.99. The van der Waals surface area contributed by atoms with E-state index in [9.17, 15) is 0 Å². The molecule has 0 unspecified atom stereocenters. The number of anilines is 1. The lowest BCUT2D eigenvalue weighted by molar-refractivity contribution is 1.30. The number of rotatable bonds is 0. The zero-order chi connectivity index (χ0) is 6.97. The van der Waals surface area contributed by atoms with E-state index >= 15 is 0 Å². The number of hydrogen-bond acceptors (Lipinski definition) is 4. The van der Waals surface area contributed by atoms with Crippen LogP contribution in [-0.4, -0.2) is 11.5 Å². The lowest BCUT2D eigenvalue weighted by atomic mass is 10.6. The standard InChI is InChI=1S/C6H7NS3/c7-6-5-4(3-10-6)8-1-2-9-5/h3H,1-2,7H2. The van der Waals surface area contributed by atoms with E-state index in [1.807, 2.05) is 23.5 Å². The molecule has 10 heavy (non-hydrogen) atoms. The Morgan fingerprint density at radius 1 is 1.30 bits per heavy atom. The van der Waals surface area contributed by atoms with Gasteiger partial charge in [0.15, 0.2) is 0 Å². The summed E-state index contributed by atoms with van der Waals surface area (Å²) in [5, 5.41) is 3.15. The highest BCUT2D eigenvalue weighted by Crippen LogP contribution is 2.43. The molecule has 2 rings (SSSR count). The van der Waals surface area contributed by atoms with Crippen LogP contribution in [0.4, 0.5) is 5.00 Å². The molecule has 4 heteroatoms. The second kappa shape index (κ2) is 2.68. The summed E-state index contributed by atoms with van der Waals surface area (Å²) in [7, 11) is 0. The van der Waals surface area contributed by atoms with Crippen LogP contribution in [0.3, 0.4) is 0 Å². The lowest BCUT2D eigenvalue weighted by Crippen LogP contribution is -1.92. The van der Waals surface area contributed by atoms with Crippen molar-refractivity contribution in [3.63, 3.8) is 0 Å². The number of thiophene rings is 1. The predicted molar refractivity (Wildman–Crippen MR) is 50.2 cm³/mol. The highest BCUT2D eigenvalue weighted by atomic mass is 32.2. The van der Waals surface area contributed by atoms with Gasteiger partial charge in [-0.05, 0) is 0 Å². The molecule has 2 N–H and O–H groups in total. The zero-order valence-corrected chi connectivity index (χ0v) is 7.74. The Bertz CT molecular complexity index is 243. The maximum Gasteiger partial charge on any atom is 0.101 e. The second-order valence-corrected chi connectivity index (χ2v) is 5.14. The molecule has 0 saturated heterocycles. The summed E-state index contributed by atoms with van der Waals surface area (Å²) >= 11 is 5.46. The van der Waals surface area contributed by atoms with Crippen LogP contribution < -0.4 is 5.73 Å². The highest BCUT2D eigenvalue weighted by Gasteiger charge is 2.14. The highest BCUT2D eigenvalue weighted by molar-refractivity contribution is 8.06. The van der Waals surface area contributed by atoms with Gasteiger partial charge in [0, 0.05) is 21.8 Å². The quantitative estimate of drug-likeness (QED) is 0.679. The molecule has 0 amide bonds. The van der Waals surface area contributed by atoms with Crippen molar-refractivity contribution in [1.29, 1.82) is 0 Å². The summed E-state index contributed by atoms with van der Waals surface area (Å²) in [5.74, 6) is 2.44. The van der Waals surface area contributed by atoms with Crippen LogP contribution in [-0.2, 0) is 0 Å². The monoisotopic (exact) mass is 189 g/mol. The number of nitrogens with two attached hydrogens (primary N) is 1. The average molecular weight is 189 g/mol. The van der Waals surface area contributed by atoms with Crippen LogP contribution in [0.5, 0.6) is 0 Å². The van der Waals surface area contributed by atoms with Gasteiger partial charge < -0.3 is 5.73 Å². The fraction of sp³-hybridized carbons (Fsp3) is 0.333. The fourth-order valence-electron chi connectivity index (χ4n) is 0.883. The van der Waals surface area contributed by atoms with Crippen molar-refractivity contribution in [2.45, 2.75) is 9.79 Å². The Morgan fingerprint density at radius 2 is 2.10 bits per heavy atom. The SMILES string of the molecule is Nc1scc2c1SCCS2. The minimum atomic E-state index is 0.993. The molecule has 54 valence electrons. The van der Waals surface area contributed by atoms with Crippen molar-refractivity contribution < 1.29 is 0 Å². The van der Waals surface area contributed by atoms with Crippen LogP contribution in [0.25, 0.3) is 0 Å². The summed E-state index contributed by atoms with van der Waals surface area (Å²) in [6.45, 7) is 0. The van der Waals surface area contributed by atoms with Gasteiger partial charge in [0.05, 0.1) is 4.90 Å². The van der Waals surface area contributed by atoms with Gasteiger partial charge in [0.2, 0.25) is 0 Å². The van der Waals surface area contributed by atoms with Crippen molar-refractivity contribution in [3.05, 3.63) is 5.38 Å². The Morgan fingerprint density at radius 3 is 2.90 bits per heavy atom. The predicted octanol–water partition coefficient (Wildman–Crippen LogP) is 2.53. The molecule has 0 saturated carbocycles. The first-order valence-corrected chi connectivity index (χ1v) is 5.85. The molecule has 0 spiro atoms. The molecule has 1 aliphatic heterocycles. The van der Waals surface area contributed by atoms with E-state index in [0.29, 0.717) is 0 Å². The van der Waals surface area contributed by atoms with E-state index in [-0.39, 0.29) is 0 Å². The first kappa shape index (κ1) is 6.88. The van der Waals surface area contributed by atoms with Gasteiger partial charge in [-0.2, -0.15) is 0 Å². The van der Waals surface area contributed by atoms with Crippen LogP contribution in [0.2, 0.25) is 0 Å². The van der Waals surface area contributed by atoms with Crippen LogP contribution in [0.1, 0.15) is 0 Å². The Labute approximate surface area is 72.4 Å². The third kappa shape index (κ3) is 1.04. The van der Waals surface area contributed by atoms with Gasteiger partial charge in [-0.1, -0.05) is 0 Å². The lowest BCUT2D eigenvalue weighted by Gasteiger charge is -2.09. The van der Waals surface area contributed by atoms with Crippen molar-refractivity contribution in [1.82, 2.24) is 0 Å². The molecular weight excluding hydrogens is 182 g/mol. The van der Waals surface area contributed by atoms with Gasteiger partial charge in [0.25, 0.3) is 0 Å². The van der Waals surface area contributed by atoms with Crippen LogP contribution in [0, 0.1) is 0 Å². The van der Waals surface area contributed by atoms with Crippen molar-refractivity contribution in [2.24, 2.45) is 0 Å². The fourth-order valence-corrected chi connectivity index (χ4v) is 4.36. The number of hydrogen-bond donors (Lipinski definition) is 1. The van der Waals surface area contributed by atoms with Gasteiger partial charge in [0.1, 0.15) is 5.00 Å². The third-order valence-corrected chi connectivity index (χ3v) is 4.98. The molecule has 2 heterocycles. The maximum atomic E-state index is 5.75. The number of thioether (sulfide) groups is 2. The number of fused-ring (bicyclic) bond motifs is 1. The summed E-state index contributed by atoms with van der Waals surface area (Å²) < 4.78 is 0. The zero-order valence-electron chi connectivity index (χ0n) is 5.29. The van der Waals surface area contributed by atoms with E-state index < -0.39 is 0 Å². The summed E-state index contributed by atoms with van der Waals surface area (Å²) in [6.07, 6.45) is 0. The molecule has 0 radical (unpaired) electrons. The topological polar surface area (TPSA) is 26.0 Å². The van der Waals surface area contributed by atoms with E-state index in [1.165, 1.54) is 21.3 Å². The molecular formula is C6H7NS3. The van der Waals surface area contributed by atoms with Gasteiger partial charge >= 0.3 is 0 Å². The van der Waals surface area contributed by atoms with Crippen LogP contribution in [0.15, 0.2) is 15.2 Å². The Balaban J connectivity index is 2.45. The molecule has 1 aromatic heterocycles. The van der Waals surface area contributed by atoms with Gasteiger partial charge in [-0.3, -0.25) is 0 Å². The maximum absolute atomic E-state index is 5.75. The van der Waals surface area contributed by atoms with E-state index in [4.69, 9.17) is 5.73 Å². The van der Waals surface area contributed by atoms with E-state index in [1.54, 1.807) is 11.3 Å². The summed E-state index contributed by atoms with van der Waals surface area (Å²) in [5.41, 5.74) is 5.75. The van der Waals surface area contributed by atoms with E-state index in [2.05, 4.69) is 5.38 Å². The summed E-state index contributed by atoms with van der Waals surface area (Å²) in [6, 6.07) is 0.